The molecule has 0 radical (unpaired) electrons. The highest BCUT2D eigenvalue weighted by molar-refractivity contribution is 7.18. The van der Waals surface area contributed by atoms with E-state index in [1.165, 1.54) is 30.5 Å². The fourth-order valence-corrected chi connectivity index (χ4v) is 6.36. The van der Waals surface area contributed by atoms with Gasteiger partial charge in [0.2, 0.25) is 5.91 Å². The molecule has 0 aliphatic carbocycles. The molecule has 6 rings (SSSR count). The predicted octanol–water partition coefficient (Wildman–Crippen LogP) is 5.89. The van der Waals surface area contributed by atoms with Crippen LogP contribution >= 0.6 is 11.3 Å². The molecule has 222 valence electrons. The Morgan fingerprint density at radius 3 is 2.84 bits per heavy atom. The average Bonchev–Trinajstić information content (AvgIpc) is 3.67. The fourth-order valence-electron chi connectivity index (χ4n) is 5.41. The quantitative estimate of drug-likeness (QED) is 0.228. The van der Waals surface area contributed by atoms with Crippen molar-refractivity contribution in [2.75, 3.05) is 13.2 Å². The van der Waals surface area contributed by atoms with Gasteiger partial charge in [-0.05, 0) is 43.5 Å². The van der Waals surface area contributed by atoms with Crippen molar-refractivity contribution in [3.63, 3.8) is 0 Å². The molecule has 0 bridgehead atoms. The lowest BCUT2D eigenvalue weighted by Crippen LogP contribution is -2.39. The van der Waals surface area contributed by atoms with Crippen molar-refractivity contribution in [2.45, 2.75) is 32.5 Å². The minimum atomic E-state index is -0.890. The Bertz CT molecular complexity index is 1980. The summed E-state index contributed by atoms with van der Waals surface area (Å²) in [6.45, 7) is 7.56. The van der Waals surface area contributed by atoms with Crippen molar-refractivity contribution in [1.29, 1.82) is 5.26 Å². The molecule has 0 saturated heterocycles. The number of nitrogens with zero attached hydrogens (tertiary/aromatic N) is 6. The van der Waals surface area contributed by atoms with Crippen LogP contribution in [0.25, 0.3) is 43.9 Å². The van der Waals surface area contributed by atoms with Crippen LogP contribution in [0.2, 0.25) is 0 Å². The van der Waals surface area contributed by atoms with Crippen molar-refractivity contribution in [2.24, 2.45) is 0 Å². The first-order valence-corrected chi connectivity index (χ1v) is 14.6. The van der Waals surface area contributed by atoms with Gasteiger partial charge in [-0.2, -0.15) is 10.4 Å². The van der Waals surface area contributed by atoms with Gasteiger partial charge in [0.15, 0.2) is 0 Å². The predicted molar refractivity (Wildman–Crippen MR) is 162 cm³/mol. The number of halogens is 2. The Hall–Kier alpha value is -4.99. The van der Waals surface area contributed by atoms with E-state index in [4.69, 9.17) is 14.8 Å². The normalized spacial score (nSPS) is 15.1. The number of ether oxygens (including phenoxy) is 1. The van der Waals surface area contributed by atoms with E-state index in [0.717, 1.165) is 17.8 Å². The van der Waals surface area contributed by atoms with Crippen LogP contribution < -0.4 is 4.74 Å². The lowest BCUT2D eigenvalue weighted by Gasteiger charge is -2.31. The van der Waals surface area contributed by atoms with Gasteiger partial charge in [-0.3, -0.25) is 14.5 Å². The van der Waals surface area contributed by atoms with Crippen molar-refractivity contribution in [1.82, 2.24) is 24.6 Å². The summed E-state index contributed by atoms with van der Waals surface area (Å²) in [4.78, 5) is 23.4. The minimum Gasteiger partial charge on any atom is -0.490 e. The van der Waals surface area contributed by atoms with Gasteiger partial charge < -0.3 is 14.7 Å². The van der Waals surface area contributed by atoms with E-state index in [-0.39, 0.29) is 36.4 Å². The molecule has 4 aromatic heterocycles. The highest BCUT2D eigenvalue weighted by Crippen LogP contribution is 2.47. The highest BCUT2D eigenvalue weighted by Gasteiger charge is 2.30. The second kappa shape index (κ2) is 11.6. The first-order valence-electron chi connectivity index (χ1n) is 13.8. The van der Waals surface area contributed by atoms with Crippen LogP contribution in [0.1, 0.15) is 31.1 Å². The second-order valence-corrected chi connectivity index (χ2v) is 11.5. The summed E-state index contributed by atoms with van der Waals surface area (Å²) < 4.78 is 38.6. The summed E-state index contributed by atoms with van der Waals surface area (Å²) >= 11 is 1.34. The lowest BCUT2D eigenvalue weighted by atomic mass is 9.96. The molecule has 0 unspecified atom stereocenters. The summed E-state index contributed by atoms with van der Waals surface area (Å²) in [6, 6.07) is 9.10. The number of aliphatic hydroxyl groups is 1. The van der Waals surface area contributed by atoms with Crippen LogP contribution in [-0.4, -0.2) is 54.9 Å². The zero-order chi connectivity index (χ0) is 31.1. The Kier molecular flexibility index (Phi) is 7.67. The van der Waals surface area contributed by atoms with Gasteiger partial charge in [0.05, 0.1) is 41.2 Å². The molecule has 12 heteroatoms. The number of thiophene rings is 1. The molecule has 5 aromatic rings. The van der Waals surface area contributed by atoms with Crippen molar-refractivity contribution in [3.8, 4) is 45.6 Å². The SMILES string of the molecule is C=CC(=O)N1Cc2cc(-c3nc(-c4cncc(C#N)c4)c4ccsc4c3-c3c(F)cc(F)cc3OC[C@@H](C)O)nn2[C@@H](C)C1. The molecule has 1 amide bonds. The zero-order valence-corrected chi connectivity index (χ0v) is 24.6. The first kappa shape index (κ1) is 29.1. The molecule has 1 aliphatic rings. The molecule has 2 atom stereocenters. The highest BCUT2D eigenvalue weighted by atomic mass is 32.1. The number of nitriles is 1. The van der Waals surface area contributed by atoms with Gasteiger partial charge in [0.25, 0.3) is 0 Å². The third-order valence-corrected chi connectivity index (χ3v) is 8.23. The third kappa shape index (κ3) is 5.21. The largest absolute Gasteiger partial charge is 0.490 e. The summed E-state index contributed by atoms with van der Waals surface area (Å²) in [5.74, 6) is -2.00. The smallest absolute Gasteiger partial charge is 0.246 e. The van der Waals surface area contributed by atoms with Gasteiger partial charge in [-0.1, -0.05) is 6.58 Å². The third-order valence-electron chi connectivity index (χ3n) is 7.29. The number of amides is 1. The summed E-state index contributed by atoms with van der Waals surface area (Å²) in [6.07, 6.45) is 3.42. The topological polar surface area (TPSA) is 117 Å². The number of aliphatic hydroxyl groups excluding tert-OH is 1. The Balaban J connectivity index is 1.65. The number of carbonyl (C=O) groups excluding carboxylic acids is 1. The number of fused-ring (bicyclic) bond motifs is 2. The van der Waals surface area contributed by atoms with Crippen LogP contribution in [0.15, 0.2) is 60.8 Å². The monoisotopic (exact) mass is 612 g/mol. The van der Waals surface area contributed by atoms with E-state index in [1.54, 1.807) is 23.2 Å². The van der Waals surface area contributed by atoms with Gasteiger partial charge in [-0.15, -0.1) is 11.3 Å². The molecule has 1 N–H and O–H groups in total. The molecular weight excluding hydrogens is 586 g/mol. The first-order chi connectivity index (χ1) is 21.2. The Morgan fingerprint density at radius 1 is 1.27 bits per heavy atom. The van der Waals surface area contributed by atoms with Crippen LogP contribution in [0.4, 0.5) is 8.78 Å². The van der Waals surface area contributed by atoms with E-state index in [9.17, 15) is 19.6 Å². The lowest BCUT2D eigenvalue weighted by molar-refractivity contribution is -0.127. The molecule has 1 aliphatic heterocycles. The molecule has 0 fully saturated rings. The number of hydrogen-bond acceptors (Lipinski definition) is 8. The van der Waals surface area contributed by atoms with E-state index in [2.05, 4.69) is 17.6 Å². The molecule has 5 heterocycles. The van der Waals surface area contributed by atoms with E-state index < -0.39 is 17.7 Å². The fraction of sp³-hybridized carbons (Fsp3) is 0.219. The van der Waals surface area contributed by atoms with Crippen molar-refractivity contribution in [3.05, 3.63) is 83.7 Å². The van der Waals surface area contributed by atoms with Crippen LogP contribution in [0.3, 0.4) is 0 Å². The summed E-state index contributed by atoms with van der Waals surface area (Å²) in [7, 11) is 0. The Labute approximate surface area is 255 Å². The van der Waals surface area contributed by atoms with Gasteiger partial charge in [-0.25, -0.2) is 13.8 Å². The average molecular weight is 613 g/mol. The summed E-state index contributed by atoms with van der Waals surface area (Å²) in [5, 5.41) is 26.8. The molecule has 44 heavy (non-hydrogen) atoms. The number of pyridine rings is 2. The summed E-state index contributed by atoms with van der Waals surface area (Å²) in [5.41, 5.74) is 3.17. The van der Waals surface area contributed by atoms with Crippen LogP contribution in [-0.2, 0) is 11.3 Å². The number of aromatic nitrogens is 4. The minimum absolute atomic E-state index is 0.0278. The molecule has 1 aromatic carbocycles. The zero-order valence-electron chi connectivity index (χ0n) is 23.8. The maximum atomic E-state index is 15.9. The van der Waals surface area contributed by atoms with E-state index >= 15 is 4.39 Å². The van der Waals surface area contributed by atoms with Crippen molar-refractivity contribution < 1.29 is 23.4 Å². The number of carbonyl (C=O) groups is 1. The second-order valence-electron chi connectivity index (χ2n) is 10.6. The number of rotatable bonds is 7. The number of hydrogen-bond donors (Lipinski definition) is 1. The molecule has 9 nitrogen and oxygen atoms in total. The van der Waals surface area contributed by atoms with Gasteiger partial charge in [0.1, 0.15) is 41.4 Å². The molecule has 0 saturated carbocycles. The van der Waals surface area contributed by atoms with Crippen LogP contribution in [0.5, 0.6) is 5.75 Å². The van der Waals surface area contributed by atoms with Gasteiger partial charge in [0, 0.05) is 52.3 Å². The molecular formula is C32H26F2N6O3S. The van der Waals surface area contributed by atoms with Crippen molar-refractivity contribution >= 4 is 27.3 Å². The standard InChI is InChI=1S/C32H26F2N6O3S/c1-4-27(42)39-14-17(2)40-22(15-39)10-25(38-40)31-29(28-24(34)8-21(33)9-26(28)43-16-18(3)41)32-23(5-6-44-32)30(37-31)20-7-19(11-35)12-36-13-20/h4-10,12-13,17-18,41H,1,14-16H2,2-3H3/t17-,18+/m0/s1. The number of benzene rings is 1. The maximum Gasteiger partial charge on any atom is 0.246 e. The Morgan fingerprint density at radius 2 is 2.09 bits per heavy atom. The van der Waals surface area contributed by atoms with E-state index in [0.29, 0.717) is 50.4 Å². The van der Waals surface area contributed by atoms with Gasteiger partial charge >= 0.3 is 0 Å². The maximum absolute atomic E-state index is 15.9. The molecule has 0 spiro atoms. The van der Waals surface area contributed by atoms with Crippen LogP contribution in [0, 0.1) is 23.0 Å². The van der Waals surface area contributed by atoms with E-state index in [1.807, 2.05) is 23.1 Å².